The molecule has 1 aromatic heterocycles. The lowest BCUT2D eigenvalue weighted by Crippen LogP contribution is -2.01. The molecule has 3 nitrogen and oxygen atoms in total. The molecular weight excluding hydrogens is 357 g/mol. The molecule has 0 unspecified atom stereocenters. The Morgan fingerprint density at radius 3 is 2.94 bits per heavy atom. The van der Waals surface area contributed by atoms with E-state index in [2.05, 4.69) is 69.1 Å². The molecule has 0 bridgehead atoms. The summed E-state index contributed by atoms with van der Waals surface area (Å²) in [6.45, 7) is 2.10. The van der Waals surface area contributed by atoms with E-state index in [0.29, 0.717) is 0 Å². The summed E-state index contributed by atoms with van der Waals surface area (Å²) >= 11 is 3.98. The summed E-state index contributed by atoms with van der Waals surface area (Å²) in [5, 5.41) is 3.08. The number of hydrogen-bond acceptors (Lipinski definition) is 4. The van der Waals surface area contributed by atoms with Gasteiger partial charge in [-0.25, -0.2) is 9.97 Å². The van der Waals surface area contributed by atoms with Gasteiger partial charge in [-0.05, 0) is 41.6 Å². The molecule has 0 saturated heterocycles. The number of nitrogens with one attached hydrogen (secondary N) is 1. The first-order valence-electron chi connectivity index (χ1n) is 5.57. The normalized spacial score (nSPS) is 10.4. The topological polar surface area (TPSA) is 37.8 Å². The zero-order chi connectivity index (χ0) is 13.0. The Hall–Kier alpha value is -0.820. The van der Waals surface area contributed by atoms with E-state index in [4.69, 9.17) is 0 Å². The van der Waals surface area contributed by atoms with E-state index in [-0.39, 0.29) is 0 Å². The monoisotopic (exact) mass is 371 g/mol. The molecule has 1 aromatic carbocycles. The molecule has 0 fully saturated rings. The van der Waals surface area contributed by atoms with Gasteiger partial charge in [0.1, 0.15) is 11.6 Å². The van der Waals surface area contributed by atoms with Crippen LogP contribution in [0.25, 0.3) is 0 Å². The van der Waals surface area contributed by atoms with Crippen LogP contribution in [0.5, 0.6) is 0 Å². The molecule has 5 heteroatoms. The van der Waals surface area contributed by atoms with Crippen molar-refractivity contribution < 1.29 is 0 Å². The molecule has 1 heterocycles. The van der Waals surface area contributed by atoms with E-state index in [9.17, 15) is 0 Å². The van der Waals surface area contributed by atoms with E-state index in [1.54, 1.807) is 11.8 Å². The van der Waals surface area contributed by atoms with Crippen LogP contribution in [-0.4, -0.2) is 17.0 Å². The maximum Gasteiger partial charge on any atom is 0.142 e. The van der Waals surface area contributed by atoms with Crippen molar-refractivity contribution in [2.24, 2.45) is 0 Å². The van der Waals surface area contributed by atoms with Crippen molar-refractivity contribution in [3.63, 3.8) is 0 Å². The quantitative estimate of drug-likeness (QED) is 0.657. The lowest BCUT2D eigenvalue weighted by molar-refractivity contribution is 1.02. The first-order valence-corrected chi connectivity index (χ1v) is 7.64. The Kier molecular flexibility index (Phi) is 4.82. The first-order chi connectivity index (χ1) is 8.69. The Morgan fingerprint density at radius 1 is 1.39 bits per heavy atom. The number of aryl methyl sites for hydroxylation is 1. The minimum atomic E-state index is 0.787. The van der Waals surface area contributed by atoms with Crippen molar-refractivity contribution in [3.05, 3.63) is 45.4 Å². The van der Waals surface area contributed by atoms with Crippen molar-refractivity contribution in [3.8, 4) is 0 Å². The summed E-state index contributed by atoms with van der Waals surface area (Å²) in [6, 6.07) is 8.47. The number of benzene rings is 1. The predicted octanol–water partition coefficient (Wildman–Crippen LogP) is 3.72. The van der Waals surface area contributed by atoms with Gasteiger partial charge in [0.25, 0.3) is 0 Å². The van der Waals surface area contributed by atoms with Crippen molar-refractivity contribution in [2.45, 2.75) is 17.6 Å². The first kappa shape index (κ1) is 13.6. The van der Waals surface area contributed by atoms with Crippen LogP contribution in [0.1, 0.15) is 11.4 Å². The fourth-order valence-electron chi connectivity index (χ4n) is 1.50. The second kappa shape index (κ2) is 6.38. The third kappa shape index (κ3) is 3.58. The molecule has 2 rings (SSSR count). The van der Waals surface area contributed by atoms with Crippen LogP contribution < -0.4 is 5.32 Å². The van der Waals surface area contributed by atoms with Crippen LogP contribution in [0.3, 0.4) is 0 Å². The zero-order valence-corrected chi connectivity index (χ0v) is 13.2. The molecule has 0 aliphatic heterocycles. The molecule has 2 aromatic rings. The number of halogens is 1. The van der Waals surface area contributed by atoms with Crippen molar-refractivity contribution >= 4 is 40.2 Å². The molecule has 0 aliphatic rings. The fourth-order valence-corrected chi connectivity index (χ4v) is 2.91. The maximum atomic E-state index is 4.48. The average Bonchev–Trinajstić information content (AvgIpc) is 2.38. The second-order valence-corrected chi connectivity index (χ2v) is 6.05. The summed E-state index contributed by atoms with van der Waals surface area (Å²) in [6.07, 6.45) is 1.85. The molecule has 0 aliphatic carbocycles. The summed E-state index contributed by atoms with van der Waals surface area (Å²) in [4.78, 5) is 10.1. The van der Waals surface area contributed by atoms with Gasteiger partial charge in [0, 0.05) is 18.1 Å². The highest BCUT2D eigenvalue weighted by molar-refractivity contribution is 14.1. The maximum absolute atomic E-state index is 4.48. The Bertz CT molecular complexity index is 546. The lowest BCUT2D eigenvalue weighted by atomic mass is 10.2. The average molecular weight is 371 g/mol. The van der Waals surface area contributed by atoms with Gasteiger partial charge in [-0.1, -0.05) is 17.7 Å². The van der Waals surface area contributed by atoms with Gasteiger partial charge >= 0.3 is 0 Å². The summed E-state index contributed by atoms with van der Waals surface area (Å²) < 4.78 is 1.04. The molecule has 0 atom stereocenters. The third-order valence-corrected chi connectivity index (χ3v) is 4.17. The van der Waals surface area contributed by atoms with E-state index in [0.717, 1.165) is 21.0 Å². The Labute approximate surface area is 125 Å². The number of thioether (sulfide) groups is 1. The van der Waals surface area contributed by atoms with Crippen molar-refractivity contribution in [1.82, 2.24) is 9.97 Å². The van der Waals surface area contributed by atoms with Gasteiger partial charge in [0.05, 0.1) is 9.32 Å². The number of rotatable bonds is 4. The van der Waals surface area contributed by atoms with Gasteiger partial charge in [-0.3, -0.25) is 0 Å². The predicted molar refractivity (Wildman–Crippen MR) is 85.0 cm³/mol. The van der Waals surface area contributed by atoms with Crippen LogP contribution in [-0.2, 0) is 5.75 Å². The second-order valence-electron chi connectivity index (χ2n) is 3.84. The lowest BCUT2D eigenvalue weighted by Gasteiger charge is -2.05. The molecular formula is C13H14IN3S. The Morgan fingerprint density at radius 2 is 2.22 bits per heavy atom. The molecule has 0 radical (unpaired) electrons. The van der Waals surface area contributed by atoms with E-state index < -0.39 is 0 Å². The minimum Gasteiger partial charge on any atom is -0.372 e. The molecule has 94 valence electrons. The smallest absolute Gasteiger partial charge is 0.142 e. The van der Waals surface area contributed by atoms with Gasteiger partial charge in [-0.15, -0.1) is 11.8 Å². The third-order valence-electron chi connectivity index (χ3n) is 2.39. The highest BCUT2D eigenvalue weighted by atomic mass is 127. The van der Waals surface area contributed by atoms with Crippen LogP contribution in [0.15, 0.2) is 35.4 Å². The summed E-state index contributed by atoms with van der Waals surface area (Å²) in [5.74, 6) is 2.53. The van der Waals surface area contributed by atoms with Gasteiger partial charge < -0.3 is 5.32 Å². The molecule has 0 spiro atoms. The molecule has 18 heavy (non-hydrogen) atoms. The van der Waals surface area contributed by atoms with E-state index >= 15 is 0 Å². The van der Waals surface area contributed by atoms with Crippen LogP contribution in [0.2, 0.25) is 0 Å². The summed E-state index contributed by atoms with van der Waals surface area (Å²) in [7, 11) is 1.88. The molecule has 0 saturated carbocycles. The highest BCUT2D eigenvalue weighted by Gasteiger charge is 2.04. The van der Waals surface area contributed by atoms with Gasteiger partial charge in [0.15, 0.2) is 0 Å². The zero-order valence-electron chi connectivity index (χ0n) is 10.3. The number of aromatic nitrogens is 2. The van der Waals surface area contributed by atoms with Gasteiger partial charge in [0.2, 0.25) is 0 Å². The van der Waals surface area contributed by atoms with Crippen LogP contribution in [0, 0.1) is 10.5 Å². The summed E-state index contributed by atoms with van der Waals surface area (Å²) in [5.41, 5.74) is 1.28. The minimum absolute atomic E-state index is 0.787. The van der Waals surface area contributed by atoms with Crippen LogP contribution in [0.4, 0.5) is 5.82 Å². The molecule has 0 amide bonds. The highest BCUT2D eigenvalue weighted by Crippen LogP contribution is 2.23. The van der Waals surface area contributed by atoms with Crippen molar-refractivity contribution in [1.29, 1.82) is 0 Å². The van der Waals surface area contributed by atoms with Crippen molar-refractivity contribution in [2.75, 3.05) is 12.4 Å². The number of anilines is 1. The van der Waals surface area contributed by atoms with E-state index in [1.165, 1.54) is 10.5 Å². The van der Waals surface area contributed by atoms with Crippen LogP contribution >= 0.6 is 34.4 Å². The van der Waals surface area contributed by atoms with E-state index in [1.807, 2.05) is 13.2 Å². The standard InChI is InChI=1S/C13H14IN3S/c1-9-4-3-5-10(6-9)18-8-12-16-7-11(14)13(15-2)17-12/h3-7H,8H2,1-2H3,(H,15,16,17). The molecule has 1 N–H and O–H groups in total. The number of nitrogens with zero attached hydrogens (tertiary/aromatic N) is 2. The SMILES string of the molecule is CNc1nc(CSc2cccc(C)c2)ncc1I. The Balaban J connectivity index is 2.06. The number of hydrogen-bond donors (Lipinski definition) is 1. The largest absolute Gasteiger partial charge is 0.372 e. The fraction of sp³-hybridized carbons (Fsp3) is 0.231. The van der Waals surface area contributed by atoms with Gasteiger partial charge in [-0.2, -0.15) is 0 Å².